The molecule has 1 N–H and O–H groups in total. The van der Waals surface area contributed by atoms with Crippen LogP contribution in [0.4, 0.5) is 5.69 Å². The second kappa shape index (κ2) is 5.77. The highest BCUT2D eigenvalue weighted by Crippen LogP contribution is 2.06. The van der Waals surface area contributed by atoms with Crippen LogP contribution < -0.4 is 5.32 Å². The van der Waals surface area contributed by atoms with Crippen LogP contribution in [0.25, 0.3) is 6.08 Å². The second-order valence-corrected chi connectivity index (χ2v) is 3.97. The summed E-state index contributed by atoms with van der Waals surface area (Å²) in [6.07, 6.45) is 6.57. The van der Waals surface area contributed by atoms with Crippen molar-refractivity contribution in [1.29, 1.82) is 0 Å². The zero-order chi connectivity index (χ0) is 12.8. The van der Waals surface area contributed by atoms with E-state index < -0.39 is 0 Å². The first-order chi connectivity index (χ1) is 8.74. The molecule has 0 bridgehead atoms. The second-order valence-electron chi connectivity index (χ2n) is 3.97. The average Bonchev–Trinajstić information content (AvgIpc) is 2.39. The quantitative estimate of drug-likeness (QED) is 0.835. The van der Waals surface area contributed by atoms with Gasteiger partial charge in [-0.15, -0.1) is 0 Å². The van der Waals surface area contributed by atoms with Gasteiger partial charge < -0.3 is 5.32 Å². The molecule has 0 radical (unpaired) electrons. The molecule has 0 atom stereocenters. The molecule has 18 heavy (non-hydrogen) atoms. The summed E-state index contributed by atoms with van der Waals surface area (Å²) in [6.45, 7) is 2.03. The molecule has 2 aromatic rings. The van der Waals surface area contributed by atoms with Gasteiger partial charge in [0.1, 0.15) is 0 Å². The SMILES string of the molecule is Cc1ccc(C=CC(=O)Nc2cccnc2)cc1. The minimum Gasteiger partial charge on any atom is -0.321 e. The third-order valence-electron chi connectivity index (χ3n) is 2.43. The number of rotatable bonds is 3. The van der Waals surface area contributed by atoms with Crippen LogP contribution in [0.1, 0.15) is 11.1 Å². The van der Waals surface area contributed by atoms with Crippen LogP contribution in [0.2, 0.25) is 0 Å². The third kappa shape index (κ3) is 3.56. The van der Waals surface area contributed by atoms with Crippen molar-refractivity contribution < 1.29 is 4.79 Å². The van der Waals surface area contributed by atoms with Crippen LogP contribution in [-0.4, -0.2) is 10.9 Å². The lowest BCUT2D eigenvalue weighted by Crippen LogP contribution is -2.07. The largest absolute Gasteiger partial charge is 0.321 e. The number of benzene rings is 1. The molecule has 1 aromatic heterocycles. The zero-order valence-electron chi connectivity index (χ0n) is 10.1. The number of hydrogen-bond acceptors (Lipinski definition) is 2. The van der Waals surface area contributed by atoms with E-state index in [0.29, 0.717) is 5.69 Å². The number of carbonyl (C=O) groups excluding carboxylic acids is 1. The van der Waals surface area contributed by atoms with E-state index in [0.717, 1.165) is 5.56 Å². The number of anilines is 1. The number of aromatic nitrogens is 1. The van der Waals surface area contributed by atoms with Gasteiger partial charge in [-0.3, -0.25) is 9.78 Å². The summed E-state index contributed by atoms with van der Waals surface area (Å²) in [5.41, 5.74) is 2.89. The van der Waals surface area contributed by atoms with Crippen LogP contribution in [0.3, 0.4) is 0 Å². The molecule has 3 heteroatoms. The van der Waals surface area contributed by atoms with Crippen molar-refractivity contribution in [3.05, 3.63) is 66.0 Å². The van der Waals surface area contributed by atoms with E-state index in [2.05, 4.69) is 10.3 Å². The summed E-state index contributed by atoms with van der Waals surface area (Å²) >= 11 is 0. The van der Waals surface area contributed by atoms with E-state index in [1.807, 2.05) is 31.2 Å². The normalized spacial score (nSPS) is 10.5. The summed E-state index contributed by atoms with van der Waals surface area (Å²) in [7, 11) is 0. The molecule has 0 aliphatic heterocycles. The average molecular weight is 238 g/mol. The highest BCUT2D eigenvalue weighted by molar-refractivity contribution is 6.01. The number of nitrogens with zero attached hydrogens (tertiary/aromatic N) is 1. The fourth-order valence-corrected chi connectivity index (χ4v) is 1.47. The summed E-state index contributed by atoms with van der Waals surface area (Å²) in [4.78, 5) is 15.6. The molecule has 0 unspecified atom stereocenters. The number of carbonyl (C=O) groups is 1. The lowest BCUT2D eigenvalue weighted by atomic mass is 10.1. The molecular weight excluding hydrogens is 224 g/mol. The Morgan fingerprint density at radius 3 is 2.67 bits per heavy atom. The van der Waals surface area contributed by atoms with Gasteiger partial charge in [0.25, 0.3) is 0 Å². The number of aryl methyl sites for hydroxylation is 1. The third-order valence-corrected chi connectivity index (χ3v) is 2.43. The first-order valence-electron chi connectivity index (χ1n) is 5.70. The maximum Gasteiger partial charge on any atom is 0.248 e. The number of amides is 1. The standard InChI is InChI=1S/C15H14N2O/c1-12-4-6-13(7-5-12)8-9-15(18)17-14-3-2-10-16-11-14/h2-11H,1H3,(H,17,18). The van der Waals surface area contributed by atoms with E-state index in [4.69, 9.17) is 0 Å². The lowest BCUT2D eigenvalue weighted by Gasteiger charge is -2.00. The fourth-order valence-electron chi connectivity index (χ4n) is 1.47. The van der Waals surface area contributed by atoms with Gasteiger partial charge in [0.05, 0.1) is 11.9 Å². The topological polar surface area (TPSA) is 42.0 Å². The number of hydrogen-bond donors (Lipinski definition) is 1. The predicted molar refractivity (Wildman–Crippen MR) is 73.1 cm³/mol. The summed E-state index contributed by atoms with van der Waals surface area (Å²) in [6, 6.07) is 11.5. The monoisotopic (exact) mass is 238 g/mol. The molecule has 1 amide bonds. The Morgan fingerprint density at radius 2 is 2.00 bits per heavy atom. The van der Waals surface area contributed by atoms with Gasteiger partial charge in [0.15, 0.2) is 0 Å². The van der Waals surface area contributed by atoms with E-state index in [1.54, 1.807) is 30.6 Å². The number of pyridine rings is 1. The molecule has 0 saturated carbocycles. The lowest BCUT2D eigenvalue weighted by molar-refractivity contribution is -0.111. The van der Waals surface area contributed by atoms with Crippen molar-refractivity contribution in [1.82, 2.24) is 4.98 Å². The molecule has 90 valence electrons. The molecule has 2 rings (SSSR count). The Bertz CT molecular complexity index is 544. The Kier molecular flexibility index (Phi) is 3.86. The van der Waals surface area contributed by atoms with Gasteiger partial charge in [-0.05, 0) is 30.7 Å². The Balaban J connectivity index is 1.97. The predicted octanol–water partition coefficient (Wildman–Crippen LogP) is 3.04. The summed E-state index contributed by atoms with van der Waals surface area (Å²) in [5.74, 6) is -0.163. The van der Waals surface area contributed by atoms with Gasteiger partial charge in [-0.1, -0.05) is 29.8 Å². The summed E-state index contributed by atoms with van der Waals surface area (Å²) < 4.78 is 0. The molecule has 0 saturated heterocycles. The van der Waals surface area contributed by atoms with Gasteiger partial charge >= 0.3 is 0 Å². The van der Waals surface area contributed by atoms with E-state index in [-0.39, 0.29) is 5.91 Å². The zero-order valence-corrected chi connectivity index (χ0v) is 10.1. The summed E-state index contributed by atoms with van der Waals surface area (Å²) in [5, 5.41) is 2.74. The Morgan fingerprint density at radius 1 is 1.22 bits per heavy atom. The van der Waals surface area contributed by atoms with Crippen molar-refractivity contribution in [2.45, 2.75) is 6.92 Å². The van der Waals surface area contributed by atoms with E-state index in [1.165, 1.54) is 11.6 Å². The molecule has 3 nitrogen and oxygen atoms in total. The first-order valence-corrected chi connectivity index (χ1v) is 5.70. The smallest absolute Gasteiger partial charge is 0.248 e. The molecule has 1 aromatic carbocycles. The first kappa shape index (κ1) is 12.0. The van der Waals surface area contributed by atoms with Crippen LogP contribution in [0.15, 0.2) is 54.9 Å². The van der Waals surface area contributed by atoms with Gasteiger partial charge in [0.2, 0.25) is 5.91 Å². The van der Waals surface area contributed by atoms with E-state index >= 15 is 0 Å². The molecule has 1 heterocycles. The van der Waals surface area contributed by atoms with Gasteiger partial charge in [-0.25, -0.2) is 0 Å². The van der Waals surface area contributed by atoms with E-state index in [9.17, 15) is 4.79 Å². The van der Waals surface area contributed by atoms with Crippen molar-refractivity contribution in [2.75, 3.05) is 5.32 Å². The van der Waals surface area contributed by atoms with Crippen LogP contribution in [0.5, 0.6) is 0 Å². The molecular formula is C15H14N2O. The highest BCUT2D eigenvalue weighted by atomic mass is 16.1. The minimum absolute atomic E-state index is 0.163. The van der Waals surface area contributed by atoms with Crippen LogP contribution in [-0.2, 0) is 4.79 Å². The Labute approximate surface area is 106 Å². The Hall–Kier alpha value is -2.42. The van der Waals surface area contributed by atoms with Crippen molar-refractivity contribution in [3.8, 4) is 0 Å². The van der Waals surface area contributed by atoms with Crippen LogP contribution >= 0.6 is 0 Å². The minimum atomic E-state index is -0.163. The highest BCUT2D eigenvalue weighted by Gasteiger charge is 1.96. The molecule has 0 fully saturated rings. The van der Waals surface area contributed by atoms with Crippen molar-refractivity contribution in [3.63, 3.8) is 0 Å². The maximum atomic E-state index is 11.6. The van der Waals surface area contributed by atoms with Crippen molar-refractivity contribution >= 4 is 17.7 Å². The molecule has 0 aliphatic rings. The fraction of sp³-hybridized carbons (Fsp3) is 0.0667. The van der Waals surface area contributed by atoms with Gasteiger partial charge in [-0.2, -0.15) is 0 Å². The number of nitrogens with one attached hydrogen (secondary N) is 1. The molecule has 0 spiro atoms. The maximum absolute atomic E-state index is 11.6. The van der Waals surface area contributed by atoms with Crippen LogP contribution in [0, 0.1) is 6.92 Å². The molecule has 0 aliphatic carbocycles. The van der Waals surface area contributed by atoms with Gasteiger partial charge in [0, 0.05) is 12.3 Å². The van der Waals surface area contributed by atoms with Crippen molar-refractivity contribution in [2.24, 2.45) is 0 Å².